The van der Waals surface area contributed by atoms with E-state index in [1.54, 1.807) is 0 Å². The van der Waals surface area contributed by atoms with E-state index in [0.717, 1.165) is 17.7 Å². The number of rotatable bonds is 0. The van der Waals surface area contributed by atoms with Crippen LogP contribution in [-0.2, 0) is 0 Å². The average molecular weight is 175 g/mol. The average Bonchev–Trinajstić information content (AvgIpc) is 2.12. The molecule has 2 nitrogen and oxygen atoms in total. The zero-order valence-electron chi connectivity index (χ0n) is 7.92. The lowest BCUT2D eigenvalue weighted by Crippen LogP contribution is -2.33. The van der Waals surface area contributed by atoms with Crippen LogP contribution in [0.5, 0.6) is 0 Å². The van der Waals surface area contributed by atoms with E-state index in [1.807, 2.05) is 13.0 Å². The molecule has 1 heterocycles. The van der Waals surface area contributed by atoms with Gasteiger partial charge in [-0.15, -0.1) is 0 Å². The zero-order valence-corrected chi connectivity index (χ0v) is 7.92. The molecule has 13 heavy (non-hydrogen) atoms. The third-order valence-electron chi connectivity index (χ3n) is 2.55. The summed E-state index contributed by atoms with van der Waals surface area (Å²) in [6.07, 6.45) is 0. The van der Waals surface area contributed by atoms with Crippen molar-refractivity contribution in [3.05, 3.63) is 34.9 Å². The molecular formula is C11H13NO. The standard InChI is InChI=1S/C11H13NO/c1-7-3-4-9-8(2)6-12-11(13)10(9)5-7/h3-5,8H,6H2,1-2H3,(H,12,13)/t8-/m0/s1. The predicted octanol–water partition coefficient (Wildman–Crippen LogP) is 1.84. The first-order chi connectivity index (χ1) is 6.18. The summed E-state index contributed by atoms with van der Waals surface area (Å²) in [5, 5.41) is 2.88. The molecule has 0 saturated carbocycles. The lowest BCUT2D eigenvalue weighted by molar-refractivity contribution is 0.0941. The van der Waals surface area contributed by atoms with E-state index >= 15 is 0 Å². The molecule has 1 N–H and O–H groups in total. The largest absolute Gasteiger partial charge is 0.351 e. The molecule has 68 valence electrons. The van der Waals surface area contributed by atoms with Crippen LogP contribution in [0.2, 0.25) is 0 Å². The Morgan fingerprint density at radius 2 is 2.23 bits per heavy atom. The van der Waals surface area contributed by atoms with Gasteiger partial charge < -0.3 is 5.32 Å². The third kappa shape index (κ3) is 1.32. The fourth-order valence-corrected chi connectivity index (χ4v) is 1.75. The van der Waals surface area contributed by atoms with Gasteiger partial charge in [0, 0.05) is 12.1 Å². The van der Waals surface area contributed by atoms with Crippen molar-refractivity contribution in [2.75, 3.05) is 6.54 Å². The molecule has 0 spiro atoms. The molecule has 1 aliphatic heterocycles. The Labute approximate surface area is 78.0 Å². The van der Waals surface area contributed by atoms with E-state index in [4.69, 9.17) is 0 Å². The molecule has 0 aromatic heterocycles. The van der Waals surface area contributed by atoms with E-state index in [9.17, 15) is 4.79 Å². The number of amides is 1. The van der Waals surface area contributed by atoms with Crippen molar-refractivity contribution in [2.24, 2.45) is 0 Å². The Kier molecular flexibility index (Phi) is 1.83. The van der Waals surface area contributed by atoms with Crippen LogP contribution < -0.4 is 5.32 Å². The summed E-state index contributed by atoms with van der Waals surface area (Å²) in [7, 11) is 0. The molecule has 1 atom stereocenters. The van der Waals surface area contributed by atoms with Crippen LogP contribution in [0, 0.1) is 6.92 Å². The van der Waals surface area contributed by atoms with Crippen molar-refractivity contribution in [1.82, 2.24) is 5.32 Å². The Bertz CT molecular complexity index is 357. The molecule has 1 aromatic carbocycles. The lowest BCUT2D eigenvalue weighted by Gasteiger charge is -2.22. The fourth-order valence-electron chi connectivity index (χ4n) is 1.75. The van der Waals surface area contributed by atoms with Crippen LogP contribution in [0.4, 0.5) is 0 Å². The molecular weight excluding hydrogens is 162 g/mol. The maximum Gasteiger partial charge on any atom is 0.251 e. The molecule has 1 aliphatic rings. The van der Waals surface area contributed by atoms with Crippen LogP contribution in [-0.4, -0.2) is 12.5 Å². The van der Waals surface area contributed by atoms with Gasteiger partial charge in [-0.1, -0.05) is 24.6 Å². The van der Waals surface area contributed by atoms with Gasteiger partial charge in [-0.25, -0.2) is 0 Å². The SMILES string of the molecule is Cc1ccc2c(c1)C(=O)NC[C@@H]2C. The minimum atomic E-state index is 0.0665. The van der Waals surface area contributed by atoms with Gasteiger partial charge in [-0.3, -0.25) is 4.79 Å². The maximum absolute atomic E-state index is 11.5. The fraction of sp³-hybridized carbons (Fsp3) is 0.364. The van der Waals surface area contributed by atoms with Crippen LogP contribution in [0.1, 0.15) is 34.3 Å². The Morgan fingerprint density at radius 1 is 1.46 bits per heavy atom. The molecule has 0 unspecified atom stereocenters. The zero-order chi connectivity index (χ0) is 9.42. The Hall–Kier alpha value is -1.31. The van der Waals surface area contributed by atoms with Crippen molar-refractivity contribution < 1.29 is 4.79 Å². The second kappa shape index (κ2) is 2.87. The van der Waals surface area contributed by atoms with Crippen LogP contribution in [0.15, 0.2) is 18.2 Å². The highest BCUT2D eigenvalue weighted by Gasteiger charge is 2.21. The molecule has 0 fully saturated rings. The van der Waals surface area contributed by atoms with Gasteiger partial charge in [0.05, 0.1) is 0 Å². The second-order valence-corrected chi connectivity index (χ2v) is 3.70. The number of hydrogen-bond acceptors (Lipinski definition) is 1. The van der Waals surface area contributed by atoms with Crippen molar-refractivity contribution >= 4 is 5.91 Å². The molecule has 0 aliphatic carbocycles. The van der Waals surface area contributed by atoms with Gasteiger partial charge in [0.1, 0.15) is 0 Å². The number of nitrogens with one attached hydrogen (secondary N) is 1. The molecule has 1 amide bonds. The molecule has 1 aromatic rings. The van der Waals surface area contributed by atoms with Gasteiger partial charge in [0.15, 0.2) is 0 Å². The quantitative estimate of drug-likeness (QED) is 0.640. The van der Waals surface area contributed by atoms with Crippen molar-refractivity contribution in [3.8, 4) is 0 Å². The van der Waals surface area contributed by atoms with Gasteiger partial charge >= 0.3 is 0 Å². The van der Waals surface area contributed by atoms with Gasteiger partial charge in [-0.05, 0) is 24.5 Å². The van der Waals surface area contributed by atoms with E-state index < -0.39 is 0 Å². The summed E-state index contributed by atoms with van der Waals surface area (Å²) in [5.41, 5.74) is 3.16. The maximum atomic E-state index is 11.5. The predicted molar refractivity (Wildman–Crippen MR) is 51.9 cm³/mol. The minimum absolute atomic E-state index is 0.0665. The highest BCUT2D eigenvalue weighted by molar-refractivity contribution is 5.97. The molecule has 0 saturated heterocycles. The van der Waals surface area contributed by atoms with Crippen LogP contribution in [0.3, 0.4) is 0 Å². The summed E-state index contributed by atoms with van der Waals surface area (Å²) in [4.78, 5) is 11.5. The van der Waals surface area contributed by atoms with E-state index in [-0.39, 0.29) is 5.91 Å². The number of fused-ring (bicyclic) bond motifs is 1. The first kappa shape index (κ1) is 8.30. The highest BCUT2D eigenvalue weighted by Crippen LogP contribution is 2.23. The topological polar surface area (TPSA) is 29.1 Å². The summed E-state index contributed by atoms with van der Waals surface area (Å²) < 4.78 is 0. The summed E-state index contributed by atoms with van der Waals surface area (Å²) in [6.45, 7) is 4.90. The van der Waals surface area contributed by atoms with Gasteiger partial charge in [0.25, 0.3) is 5.91 Å². The van der Waals surface area contributed by atoms with E-state index in [2.05, 4.69) is 24.4 Å². The van der Waals surface area contributed by atoms with Gasteiger partial charge in [-0.2, -0.15) is 0 Å². The van der Waals surface area contributed by atoms with Gasteiger partial charge in [0.2, 0.25) is 0 Å². The smallest absolute Gasteiger partial charge is 0.251 e. The molecule has 2 heteroatoms. The first-order valence-corrected chi connectivity index (χ1v) is 4.57. The minimum Gasteiger partial charge on any atom is -0.351 e. The number of benzene rings is 1. The van der Waals surface area contributed by atoms with Crippen LogP contribution in [0.25, 0.3) is 0 Å². The normalized spacial score (nSPS) is 20.8. The van der Waals surface area contributed by atoms with Crippen LogP contribution >= 0.6 is 0 Å². The monoisotopic (exact) mass is 175 g/mol. The summed E-state index contributed by atoms with van der Waals surface area (Å²) in [6, 6.07) is 6.09. The molecule has 0 bridgehead atoms. The first-order valence-electron chi connectivity index (χ1n) is 4.57. The van der Waals surface area contributed by atoms with E-state index in [1.165, 1.54) is 5.56 Å². The molecule has 0 radical (unpaired) electrons. The Balaban J connectivity index is 2.57. The second-order valence-electron chi connectivity index (χ2n) is 3.70. The molecule has 2 rings (SSSR count). The number of aryl methyl sites for hydroxylation is 1. The van der Waals surface area contributed by atoms with E-state index in [0.29, 0.717) is 5.92 Å². The summed E-state index contributed by atoms with van der Waals surface area (Å²) in [5.74, 6) is 0.505. The van der Waals surface area contributed by atoms with Crippen molar-refractivity contribution in [3.63, 3.8) is 0 Å². The third-order valence-corrected chi connectivity index (χ3v) is 2.55. The number of carbonyl (C=O) groups is 1. The number of hydrogen-bond donors (Lipinski definition) is 1. The van der Waals surface area contributed by atoms with Crippen molar-refractivity contribution in [1.29, 1.82) is 0 Å². The highest BCUT2D eigenvalue weighted by atomic mass is 16.1. The summed E-state index contributed by atoms with van der Waals surface area (Å²) >= 11 is 0. The lowest BCUT2D eigenvalue weighted by atomic mass is 9.91. The van der Waals surface area contributed by atoms with Crippen molar-refractivity contribution in [2.45, 2.75) is 19.8 Å². The number of carbonyl (C=O) groups excluding carboxylic acids is 1. The Morgan fingerprint density at radius 3 is 3.00 bits per heavy atom.